The maximum absolute atomic E-state index is 11.8. The molecule has 3 N–H and O–H groups in total. The molecule has 0 fully saturated rings. The predicted molar refractivity (Wildman–Crippen MR) is 105 cm³/mol. The maximum atomic E-state index is 11.8. The van der Waals surface area contributed by atoms with Crippen LogP contribution in [0.15, 0.2) is 54.6 Å². The van der Waals surface area contributed by atoms with Crippen molar-refractivity contribution in [2.24, 2.45) is 0 Å². The fraction of sp³-hybridized carbons (Fsp3) is 0.263. The fourth-order valence-corrected chi connectivity index (χ4v) is 2.22. The van der Waals surface area contributed by atoms with E-state index >= 15 is 0 Å². The zero-order valence-corrected chi connectivity index (χ0v) is 15.5. The van der Waals surface area contributed by atoms with E-state index in [1.165, 1.54) is 0 Å². The zero-order chi connectivity index (χ0) is 18.6. The Hall–Kier alpha value is -2.80. The fourth-order valence-electron chi connectivity index (χ4n) is 2.10. The highest BCUT2D eigenvalue weighted by molar-refractivity contribution is 7.80. The second kappa shape index (κ2) is 10.9. The van der Waals surface area contributed by atoms with Gasteiger partial charge in [-0.05, 0) is 48.5 Å². The van der Waals surface area contributed by atoms with Crippen LogP contribution in [0.25, 0.3) is 0 Å². The van der Waals surface area contributed by atoms with Gasteiger partial charge in [-0.2, -0.15) is 0 Å². The Kier molecular flexibility index (Phi) is 8.21. The summed E-state index contributed by atoms with van der Waals surface area (Å²) in [6, 6.07) is 17.2. The molecule has 0 aliphatic heterocycles. The molecule has 6 nitrogen and oxygen atoms in total. The van der Waals surface area contributed by atoms with Crippen molar-refractivity contribution in [2.45, 2.75) is 19.4 Å². The molecule has 0 saturated heterocycles. The van der Waals surface area contributed by atoms with Gasteiger partial charge < -0.3 is 14.8 Å². The summed E-state index contributed by atoms with van der Waals surface area (Å²) in [5, 5.41) is 3.38. The Labute approximate surface area is 158 Å². The Morgan fingerprint density at radius 2 is 1.73 bits per heavy atom. The highest BCUT2D eigenvalue weighted by Gasteiger charge is 2.03. The molecular formula is C19H23N3O3S. The number of para-hydroxylation sites is 1. The van der Waals surface area contributed by atoms with E-state index < -0.39 is 0 Å². The summed E-state index contributed by atoms with van der Waals surface area (Å²) >= 11 is 5.13. The van der Waals surface area contributed by atoms with Crippen LogP contribution < -0.4 is 25.6 Å². The molecule has 26 heavy (non-hydrogen) atoms. The van der Waals surface area contributed by atoms with Gasteiger partial charge in [0.15, 0.2) is 5.11 Å². The number of amides is 1. The van der Waals surface area contributed by atoms with E-state index in [2.05, 4.69) is 16.2 Å². The SMILES string of the molecule is COc1ccc(CNC(=S)NNC(=O)CCCOc2ccccc2)cc1. The van der Waals surface area contributed by atoms with E-state index in [9.17, 15) is 4.79 Å². The second-order valence-electron chi connectivity index (χ2n) is 5.47. The normalized spacial score (nSPS) is 9.88. The van der Waals surface area contributed by atoms with Crippen LogP contribution in [-0.4, -0.2) is 24.7 Å². The molecule has 0 unspecified atom stereocenters. The van der Waals surface area contributed by atoms with E-state index in [4.69, 9.17) is 21.7 Å². The summed E-state index contributed by atoms with van der Waals surface area (Å²) in [7, 11) is 1.63. The van der Waals surface area contributed by atoms with Crippen molar-refractivity contribution in [2.75, 3.05) is 13.7 Å². The monoisotopic (exact) mass is 373 g/mol. The Balaban J connectivity index is 1.55. The van der Waals surface area contributed by atoms with Crippen LogP contribution in [0.1, 0.15) is 18.4 Å². The van der Waals surface area contributed by atoms with Gasteiger partial charge in [0.1, 0.15) is 11.5 Å². The number of ether oxygens (including phenoxy) is 2. The largest absolute Gasteiger partial charge is 0.497 e. The molecule has 0 atom stereocenters. The quantitative estimate of drug-likeness (QED) is 0.375. The van der Waals surface area contributed by atoms with Gasteiger partial charge in [0.2, 0.25) is 5.91 Å². The van der Waals surface area contributed by atoms with Crippen LogP contribution in [0.2, 0.25) is 0 Å². The molecular weight excluding hydrogens is 350 g/mol. The number of rotatable bonds is 8. The van der Waals surface area contributed by atoms with Gasteiger partial charge in [-0.3, -0.25) is 15.6 Å². The summed E-state index contributed by atoms with van der Waals surface area (Å²) in [5.41, 5.74) is 6.31. The van der Waals surface area contributed by atoms with Crippen molar-refractivity contribution in [3.8, 4) is 11.5 Å². The van der Waals surface area contributed by atoms with E-state index in [1.54, 1.807) is 7.11 Å². The van der Waals surface area contributed by atoms with Crippen LogP contribution in [0.4, 0.5) is 0 Å². The van der Waals surface area contributed by atoms with Gasteiger partial charge in [0.25, 0.3) is 0 Å². The smallest absolute Gasteiger partial charge is 0.238 e. The first-order valence-electron chi connectivity index (χ1n) is 8.31. The lowest BCUT2D eigenvalue weighted by molar-refractivity contribution is -0.121. The number of benzene rings is 2. The Morgan fingerprint density at radius 3 is 2.42 bits per heavy atom. The van der Waals surface area contributed by atoms with Crippen molar-refractivity contribution in [1.82, 2.24) is 16.2 Å². The molecule has 0 spiro atoms. The van der Waals surface area contributed by atoms with Crippen molar-refractivity contribution in [3.63, 3.8) is 0 Å². The first kappa shape index (κ1) is 19.5. The summed E-state index contributed by atoms with van der Waals surface area (Å²) in [6.07, 6.45) is 0.968. The topological polar surface area (TPSA) is 71.6 Å². The molecule has 2 aromatic carbocycles. The average Bonchev–Trinajstić information content (AvgIpc) is 2.69. The van der Waals surface area contributed by atoms with Crippen LogP contribution in [0, 0.1) is 0 Å². The summed E-state index contributed by atoms with van der Waals surface area (Å²) in [5.74, 6) is 1.46. The standard InChI is InChI=1S/C19H23N3O3S/c1-24-16-11-9-15(10-12-16)14-20-19(26)22-21-18(23)8-5-13-25-17-6-3-2-4-7-17/h2-4,6-7,9-12H,5,8,13-14H2,1H3,(H,21,23)(H2,20,22,26). The molecule has 0 bridgehead atoms. The van der Waals surface area contributed by atoms with Crippen molar-refractivity contribution in [1.29, 1.82) is 0 Å². The number of carbonyl (C=O) groups is 1. The number of methoxy groups -OCH3 is 1. The van der Waals surface area contributed by atoms with E-state index in [0.29, 0.717) is 31.1 Å². The van der Waals surface area contributed by atoms with Gasteiger partial charge in [-0.15, -0.1) is 0 Å². The van der Waals surface area contributed by atoms with Gasteiger partial charge in [-0.25, -0.2) is 0 Å². The third-order valence-corrected chi connectivity index (χ3v) is 3.73. The van der Waals surface area contributed by atoms with Gasteiger partial charge in [0, 0.05) is 13.0 Å². The summed E-state index contributed by atoms with van der Waals surface area (Å²) in [6.45, 7) is 1.04. The molecule has 0 saturated carbocycles. The van der Waals surface area contributed by atoms with Crippen LogP contribution >= 0.6 is 12.2 Å². The third kappa shape index (κ3) is 7.40. The maximum Gasteiger partial charge on any atom is 0.238 e. The van der Waals surface area contributed by atoms with E-state index in [1.807, 2.05) is 54.6 Å². The second-order valence-corrected chi connectivity index (χ2v) is 5.88. The molecule has 0 aliphatic carbocycles. The first-order chi connectivity index (χ1) is 12.7. The molecule has 138 valence electrons. The molecule has 1 amide bonds. The van der Waals surface area contributed by atoms with Crippen molar-refractivity contribution in [3.05, 3.63) is 60.2 Å². The lowest BCUT2D eigenvalue weighted by Gasteiger charge is -2.12. The minimum atomic E-state index is -0.143. The Morgan fingerprint density at radius 1 is 1.00 bits per heavy atom. The predicted octanol–water partition coefficient (Wildman–Crippen LogP) is 2.55. The molecule has 0 aliphatic rings. The summed E-state index contributed by atoms with van der Waals surface area (Å²) < 4.78 is 10.6. The highest BCUT2D eigenvalue weighted by atomic mass is 32.1. The molecule has 2 aromatic rings. The highest BCUT2D eigenvalue weighted by Crippen LogP contribution is 2.11. The number of thiocarbonyl (C=S) groups is 1. The molecule has 0 aromatic heterocycles. The summed E-state index contributed by atoms with van der Waals surface area (Å²) in [4.78, 5) is 11.8. The number of hydrazine groups is 1. The average molecular weight is 373 g/mol. The van der Waals surface area contributed by atoms with Gasteiger partial charge in [-0.1, -0.05) is 30.3 Å². The number of hydrogen-bond donors (Lipinski definition) is 3. The lowest BCUT2D eigenvalue weighted by Crippen LogP contribution is -2.46. The van der Waals surface area contributed by atoms with E-state index in [-0.39, 0.29) is 5.91 Å². The molecule has 0 radical (unpaired) electrons. The minimum absolute atomic E-state index is 0.143. The van der Waals surface area contributed by atoms with Crippen molar-refractivity contribution >= 4 is 23.2 Å². The third-order valence-electron chi connectivity index (χ3n) is 3.49. The minimum Gasteiger partial charge on any atom is -0.497 e. The molecule has 7 heteroatoms. The molecule has 0 heterocycles. The van der Waals surface area contributed by atoms with E-state index in [0.717, 1.165) is 17.1 Å². The number of carbonyl (C=O) groups excluding carboxylic acids is 1. The number of nitrogens with one attached hydrogen (secondary N) is 3. The lowest BCUT2D eigenvalue weighted by atomic mass is 10.2. The first-order valence-corrected chi connectivity index (χ1v) is 8.71. The van der Waals surface area contributed by atoms with Crippen LogP contribution in [0.5, 0.6) is 11.5 Å². The number of hydrogen-bond acceptors (Lipinski definition) is 4. The van der Waals surface area contributed by atoms with Gasteiger partial charge >= 0.3 is 0 Å². The van der Waals surface area contributed by atoms with Gasteiger partial charge in [0.05, 0.1) is 13.7 Å². The molecule has 2 rings (SSSR count). The zero-order valence-electron chi connectivity index (χ0n) is 14.7. The van der Waals surface area contributed by atoms with Crippen molar-refractivity contribution < 1.29 is 14.3 Å². The Bertz CT molecular complexity index is 693. The van der Waals surface area contributed by atoms with Crippen LogP contribution in [-0.2, 0) is 11.3 Å². The van der Waals surface area contributed by atoms with Crippen LogP contribution in [0.3, 0.4) is 0 Å².